The number of rotatable bonds is 5. The number of carboxylic acid groups (broad SMARTS) is 1. The van der Waals surface area contributed by atoms with Crippen molar-refractivity contribution in [2.24, 2.45) is 0 Å². The number of carboxylic acids is 1. The standard InChI is InChI=1S/C22H20FN3O5S/c1-10-5-13(21(28)29)16(7-14(10)23)24-20(27)18-17(30-2)4-3-15-19(18)32-22(25-15)26-11-6-12(26)9-31-8-11/h3-5,7,11-12H,6,8-9H2,1-2H3,(H,24,27)(H,28,29). The third-order valence-corrected chi connectivity index (χ3v) is 7.01. The number of aryl methyl sites for hydroxylation is 1. The van der Waals surface area contributed by atoms with E-state index in [4.69, 9.17) is 14.5 Å². The van der Waals surface area contributed by atoms with Gasteiger partial charge in [0.15, 0.2) is 5.13 Å². The van der Waals surface area contributed by atoms with Crippen molar-refractivity contribution in [3.8, 4) is 5.75 Å². The number of hydrogen-bond donors (Lipinski definition) is 2. The van der Waals surface area contributed by atoms with Crippen molar-refractivity contribution in [3.63, 3.8) is 0 Å². The molecule has 2 bridgehead atoms. The Labute approximate surface area is 186 Å². The molecule has 2 atom stereocenters. The number of hydrogen-bond acceptors (Lipinski definition) is 7. The molecule has 2 N–H and O–H groups in total. The Kier molecular flexibility index (Phi) is 4.98. The van der Waals surface area contributed by atoms with Gasteiger partial charge in [0.25, 0.3) is 5.91 Å². The summed E-state index contributed by atoms with van der Waals surface area (Å²) in [7, 11) is 1.45. The number of benzene rings is 2. The van der Waals surface area contributed by atoms with Crippen molar-refractivity contribution < 1.29 is 28.6 Å². The lowest BCUT2D eigenvalue weighted by molar-refractivity contribution is 0.0103. The van der Waals surface area contributed by atoms with Gasteiger partial charge in [-0.1, -0.05) is 11.3 Å². The van der Waals surface area contributed by atoms with E-state index in [-0.39, 0.29) is 34.5 Å². The van der Waals surface area contributed by atoms with Gasteiger partial charge in [0.1, 0.15) is 17.1 Å². The van der Waals surface area contributed by atoms with Crippen LogP contribution in [0.15, 0.2) is 24.3 Å². The fourth-order valence-electron chi connectivity index (χ4n) is 4.25. The molecule has 2 fully saturated rings. The zero-order chi connectivity index (χ0) is 22.6. The number of ether oxygens (including phenoxy) is 2. The lowest BCUT2D eigenvalue weighted by Crippen LogP contribution is -2.64. The van der Waals surface area contributed by atoms with E-state index in [9.17, 15) is 19.1 Å². The highest BCUT2D eigenvalue weighted by atomic mass is 32.1. The van der Waals surface area contributed by atoms with E-state index in [1.54, 1.807) is 12.1 Å². The van der Waals surface area contributed by atoms with Crippen LogP contribution >= 0.6 is 11.3 Å². The highest BCUT2D eigenvalue weighted by molar-refractivity contribution is 7.22. The van der Waals surface area contributed by atoms with Crippen LogP contribution in [-0.4, -0.2) is 54.4 Å². The molecule has 166 valence electrons. The Hall–Kier alpha value is -3.24. The number of nitrogens with zero attached hydrogens (tertiary/aromatic N) is 2. The van der Waals surface area contributed by atoms with Crippen LogP contribution in [0, 0.1) is 12.7 Å². The molecule has 2 unspecified atom stereocenters. The molecule has 0 radical (unpaired) electrons. The van der Waals surface area contributed by atoms with Gasteiger partial charge in [-0.05, 0) is 43.2 Å². The quantitative estimate of drug-likeness (QED) is 0.603. The fraction of sp³-hybridized carbons (Fsp3) is 0.318. The molecule has 5 rings (SSSR count). The zero-order valence-electron chi connectivity index (χ0n) is 17.3. The van der Waals surface area contributed by atoms with Crippen LogP contribution in [0.1, 0.15) is 32.7 Å². The molecule has 10 heteroatoms. The minimum absolute atomic E-state index is 0.121. The maximum absolute atomic E-state index is 14.1. The number of methoxy groups -OCH3 is 1. The first kappa shape index (κ1) is 20.7. The van der Waals surface area contributed by atoms with Crippen LogP contribution in [0.4, 0.5) is 15.2 Å². The van der Waals surface area contributed by atoms with Crippen LogP contribution < -0.4 is 15.0 Å². The van der Waals surface area contributed by atoms with Gasteiger partial charge < -0.3 is 24.8 Å². The lowest BCUT2D eigenvalue weighted by Gasteiger charge is -2.52. The molecule has 8 nitrogen and oxygen atoms in total. The molecular formula is C22H20FN3O5S. The summed E-state index contributed by atoms with van der Waals surface area (Å²) in [5.74, 6) is -2.15. The number of carbonyl (C=O) groups excluding carboxylic acids is 1. The number of nitrogens with one attached hydrogen (secondary N) is 1. The average Bonchev–Trinajstić information content (AvgIpc) is 3.18. The van der Waals surface area contributed by atoms with Gasteiger partial charge in [-0.2, -0.15) is 0 Å². The molecule has 1 aromatic heterocycles. The Morgan fingerprint density at radius 1 is 1.31 bits per heavy atom. The molecule has 0 aliphatic carbocycles. The van der Waals surface area contributed by atoms with Gasteiger partial charge in [-0.15, -0.1) is 0 Å². The summed E-state index contributed by atoms with van der Waals surface area (Å²) >= 11 is 1.38. The minimum atomic E-state index is -1.26. The zero-order valence-corrected chi connectivity index (χ0v) is 18.2. The van der Waals surface area contributed by atoms with Crippen LogP contribution in [0.25, 0.3) is 10.2 Å². The molecule has 3 heterocycles. The summed E-state index contributed by atoms with van der Waals surface area (Å²) < 4.78 is 25.7. The maximum atomic E-state index is 14.1. The topological polar surface area (TPSA) is 101 Å². The number of thiazole rings is 1. The minimum Gasteiger partial charge on any atom is -0.496 e. The van der Waals surface area contributed by atoms with Crippen molar-refractivity contribution >= 4 is 44.2 Å². The molecule has 2 aromatic carbocycles. The SMILES string of the molecule is COc1ccc2nc(N3C4COCC3C4)sc2c1C(=O)Nc1cc(F)c(C)cc1C(=O)O. The van der Waals surface area contributed by atoms with E-state index in [1.807, 2.05) is 0 Å². The number of amides is 1. The maximum Gasteiger partial charge on any atom is 0.337 e. The largest absolute Gasteiger partial charge is 0.496 e. The van der Waals surface area contributed by atoms with Crippen molar-refractivity contribution in [2.75, 3.05) is 30.5 Å². The van der Waals surface area contributed by atoms with Crippen molar-refractivity contribution in [3.05, 3.63) is 46.8 Å². The van der Waals surface area contributed by atoms with Crippen LogP contribution in [0.5, 0.6) is 5.75 Å². The smallest absolute Gasteiger partial charge is 0.337 e. The normalized spacial score (nSPS) is 19.5. The van der Waals surface area contributed by atoms with E-state index in [1.165, 1.54) is 31.4 Å². The van der Waals surface area contributed by atoms with E-state index in [0.29, 0.717) is 29.2 Å². The highest BCUT2D eigenvalue weighted by Gasteiger charge is 2.44. The van der Waals surface area contributed by atoms with Crippen molar-refractivity contribution in [1.82, 2.24) is 4.98 Å². The first-order chi connectivity index (χ1) is 15.4. The number of aromatic nitrogens is 1. The molecule has 32 heavy (non-hydrogen) atoms. The Bertz CT molecular complexity index is 1250. The summed E-state index contributed by atoms with van der Waals surface area (Å²) in [6.07, 6.45) is 1.06. The number of fused-ring (bicyclic) bond motifs is 3. The van der Waals surface area contributed by atoms with Gasteiger partial charge >= 0.3 is 5.97 Å². The highest BCUT2D eigenvalue weighted by Crippen LogP contribution is 2.42. The van der Waals surface area contributed by atoms with Crippen molar-refractivity contribution in [1.29, 1.82) is 0 Å². The Morgan fingerprint density at radius 2 is 2.06 bits per heavy atom. The van der Waals surface area contributed by atoms with Crippen LogP contribution in [-0.2, 0) is 4.74 Å². The number of carbonyl (C=O) groups is 2. The fourth-order valence-corrected chi connectivity index (χ4v) is 5.50. The van der Waals surface area contributed by atoms with Crippen molar-refractivity contribution in [2.45, 2.75) is 25.4 Å². The van der Waals surface area contributed by atoms with E-state index in [0.717, 1.165) is 17.6 Å². The molecule has 0 saturated carbocycles. The predicted octanol–water partition coefficient (Wildman–Crippen LogP) is 3.68. The summed E-state index contributed by atoms with van der Waals surface area (Å²) in [5, 5.41) is 12.9. The number of halogens is 1. The molecule has 2 aliphatic rings. The lowest BCUT2D eigenvalue weighted by atomic mass is 9.92. The second-order valence-corrected chi connectivity index (χ2v) is 8.86. The summed E-state index contributed by atoms with van der Waals surface area (Å²) in [4.78, 5) is 31.8. The number of anilines is 2. The monoisotopic (exact) mass is 457 g/mol. The van der Waals surface area contributed by atoms with Gasteiger partial charge in [0, 0.05) is 0 Å². The Balaban J connectivity index is 1.55. The molecule has 0 spiro atoms. The molecule has 2 aliphatic heterocycles. The predicted molar refractivity (Wildman–Crippen MR) is 118 cm³/mol. The Morgan fingerprint density at radius 3 is 2.72 bits per heavy atom. The van der Waals surface area contributed by atoms with E-state index >= 15 is 0 Å². The summed E-state index contributed by atoms with van der Waals surface area (Å²) in [6, 6.07) is 6.20. The van der Waals surface area contributed by atoms with E-state index in [2.05, 4.69) is 10.2 Å². The van der Waals surface area contributed by atoms with Crippen LogP contribution in [0.2, 0.25) is 0 Å². The van der Waals surface area contributed by atoms with Gasteiger partial charge in [-0.3, -0.25) is 4.79 Å². The first-order valence-electron chi connectivity index (χ1n) is 10.1. The molecule has 1 amide bonds. The van der Waals surface area contributed by atoms with Gasteiger partial charge in [-0.25, -0.2) is 14.2 Å². The van der Waals surface area contributed by atoms with Crippen LogP contribution in [0.3, 0.4) is 0 Å². The summed E-state index contributed by atoms with van der Waals surface area (Å²) in [5.41, 5.74) is 0.727. The summed E-state index contributed by atoms with van der Waals surface area (Å²) in [6.45, 7) is 2.77. The average molecular weight is 457 g/mol. The molecule has 2 saturated heterocycles. The third-order valence-electron chi connectivity index (χ3n) is 5.90. The van der Waals surface area contributed by atoms with E-state index < -0.39 is 17.7 Å². The van der Waals surface area contributed by atoms with Gasteiger partial charge in [0.2, 0.25) is 0 Å². The van der Waals surface area contributed by atoms with Gasteiger partial charge in [0.05, 0.1) is 53.9 Å². The molecule has 3 aromatic rings. The second-order valence-electron chi connectivity index (χ2n) is 7.88. The molecular weight excluding hydrogens is 437 g/mol. The number of aromatic carboxylic acids is 1. The first-order valence-corrected chi connectivity index (χ1v) is 10.9. The number of morpholine rings is 1. The second kappa shape index (κ2) is 7.72. The third kappa shape index (κ3) is 3.26.